The lowest BCUT2D eigenvalue weighted by atomic mass is 10.2. The van der Waals surface area contributed by atoms with Gasteiger partial charge in [-0.15, -0.1) is 0 Å². The normalized spacial score (nSPS) is 15.9. The Bertz CT molecular complexity index is 1050. The van der Waals surface area contributed by atoms with Crippen molar-refractivity contribution in [1.29, 1.82) is 0 Å². The van der Waals surface area contributed by atoms with E-state index in [4.69, 9.17) is 22.1 Å². The Morgan fingerprint density at radius 1 is 1.24 bits per heavy atom. The van der Waals surface area contributed by atoms with Crippen LogP contribution in [0.3, 0.4) is 0 Å². The highest BCUT2D eigenvalue weighted by Crippen LogP contribution is 2.24. The number of carbonyl (C=O) groups is 3. The molecule has 1 saturated heterocycles. The molecule has 3 rings (SSSR count). The summed E-state index contributed by atoms with van der Waals surface area (Å²) in [5.41, 5.74) is 6.13. The van der Waals surface area contributed by atoms with E-state index in [1.807, 2.05) is 0 Å². The maximum absolute atomic E-state index is 14.5. The lowest BCUT2D eigenvalue weighted by Gasteiger charge is -2.41. The molecule has 1 aliphatic rings. The second-order valence-electron chi connectivity index (χ2n) is 7.79. The van der Waals surface area contributed by atoms with Gasteiger partial charge >= 0.3 is 18.1 Å². The van der Waals surface area contributed by atoms with Crippen LogP contribution in [-0.4, -0.2) is 53.4 Å². The first-order chi connectivity index (χ1) is 16.1. The second-order valence-corrected chi connectivity index (χ2v) is 8.22. The number of carbonyl (C=O) groups excluding carboxylic acids is 3. The number of nitrogens with zero attached hydrogens (tertiary/aromatic N) is 2. The van der Waals surface area contributed by atoms with Crippen LogP contribution in [0.1, 0.15) is 19.4 Å². The molecule has 1 fully saturated rings. The van der Waals surface area contributed by atoms with E-state index in [2.05, 4.69) is 16.0 Å². The molecule has 2 aromatic carbocycles. The molecule has 1 atom stereocenters. The smallest absolute Gasteiger partial charge is 0.331 e. The van der Waals surface area contributed by atoms with Crippen LogP contribution in [0, 0.1) is 5.82 Å². The highest BCUT2D eigenvalue weighted by Gasteiger charge is 2.38. The number of benzene rings is 2. The van der Waals surface area contributed by atoms with Gasteiger partial charge in [0, 0.05) is 29.9 Å². The van der Waals surface area contributed by atoms with Gasteiger partial charge in [-0.3, -0.25) is 10.2 Å². The van der Waals surface area contributed by atoms with Crippen molar-refractivity contribution in [2.45, 2.75) is 32.8 Å². The van der Waals surface area contributed by atoms with Crippen LogP contribution in [0.15, 0.2) is 42.5 Å². The summed E-state index contributed by atoms with van der Waals surface area (Å²) in [6.45, 7) is 3.59. The summed E-state index contributed by atoms with van der Waals surface area (Å²) in [5.74, 6) is -0.494. The largest absolute Gasteiger partial charge is 0.488 e. The number of amides is 6. The average molecular weight is 493 g/mol. The van der Waals surface area contributed by atoms with Crippen LogP contribution < -0.4 is 26.4 Å². The number of nitrogens with two attached hydrogens (primary N) is 1. The van der Waals surface area contributed by atoms with E-state index in [9.17, 15) is 18.8 Å². The zero-order chi connectivity index (χ0) is 24.8. The summed E-state index contributed by atoms with van der Waals surface area (Å²) >= 11 is 5.95. The lowest BCUT2D eigenvalue weighted by Crippen LogP contribution is -2.67. The van der Waals surface area contributed by atoms with Crippen molar-refractivity contribution < 1.29 is 23.5 Å². The van der Waals surface area contributed by atoms with Crippen LogP contribution in [-0.2, 0) is 6.54 Å². The summed E-state index contributed by atoms with van der Waals surface area (Å²) in [6.07, 6.45) is -1.18. The summed E-state index contributed by atoms with van der Waals surface area (Å²) in [6, 6.07) is 9.08. The van der Waals surface area contributed by atoms with Gasteiger partial charge in [-0.1, -0.05) is 23.7 Å². The SMILES string of the molecule is CC(C)Oc1ccc(NC2NC(=O)N(CCNC(N)=O)C(=O)N2Cc2ccc(Cl)cc2)cc1F. The van der Waals surface area contributed by atoms with Crippen molar-refractivity contribution in [3.05, 3.63) is 58.9 Å². The monoisotopic (exact) mass is 492 g/mol. The van der Waals surface area contributed by atoms with Crippen molar-refractivity contribution in [3.63, 3.8) is 0 Å². The first-order valence-electron chi connectivity index (χ1n) is 10.5. The molecule has 0 bridgehead atoms. The third-order valence-electron chi connectivity index (χ3n) is 4.79. The van der Waals surface area contributed by atoms with E-state index in [0.717, 1.165) is 10.5 Å². The molecule has 5 N–H and O–H groups in total. The molecule has 34 heavy (non-hydrogen) atoms. The van der Waals surface area contributed by atoms with Crippen LogP contribution in [0.25, 0.3) is 0 Å². The van der Waals surface area contributed by atoms with Gasteiger partial charge in [-0.05, 0) is 43.7 Å². The highest BCUT2D eigenvalue weighted by atomic mass is 35.5. The van der Waals surface area contributed by atoms with Gasteiger partial charge in [0.05, 0.1) is 12.6 Å². The van der Waals surface area contributed by atoms with Gasteiger partial charge in [-0.2, -0.15) is 0 Å². The number of halogens is 2. The lowest BCUT2D eigenvalue weighted by molar-refractivity contribution is 0.107. The number of ether oxygens (including phenoxy) is 1. The third kappa shape index (κ3) is 6.41. The highest BCUT2D eigenvalue weighted by molar-refractivity contribution is 6.30. The summed E-state index contributed by atoms with van der Waals surface area (Å²) in [5, 5.41) is 8.54. The first-order valence-corrected chi connectivity index (χ1v) is 10.9. The zero-order valence-electron chi connectivity index (χ0n) is 18.7. The number of anilines is 1. The van der Waals surface area contributed by atoms with Gasteiger partial charge in [0.1, 0.15) is 0 Å². The number of hydrogen-bond acceptors (Lipinski definition) is 5. The summed E-state index contributed by atoms with van der Waals surface area (Å²) in [7, 11) is 0. The standard InChI is InChI=1S/C22H26ClFN6O4/c1-13(2)34-18-8-7-16(11-17(18)24)27-20-28-21(32)29(10-9-26-19(25)31)22(33)30(20)12-14-3-5-15(23)6-4-14/h3-8,11,13,20,27H,9-10,12H2,1-2H3,(H,28,32)(H3,25,26,31). The van der Waals surface area contributed by atoms with Crippen LogP contribution in [0.4, 0.5) is 24.5 Å². The van der Waals surface area contributed by atoms with Gasteiger partial charge in [-0.25, -0.2) is 23.7 Å². The number of hydrogen-bond donors (Lipinski definition) is 4. The molecule has 0 aromatic heterocycles. The molecular weight excluding hydrogens is 467 g/mol. The van der Waals surface area contributed by atoms with Crippen LogP contribution in [0.2, 0.25) is 5.02 Å². The molecule has 1 aliphatic heterocycles. The average Bonchev–Trinajstić information content (AvgIpc) is 2.76. The van der Waals surface area contributed by atoms with Gasteiger partial charge in [0.25, 0.3) is 0 Å². The summed E-state index contributed by atoms with van der Waals surface area (Å²) in [4.78, 5) is 39.1. The molecule has 0 spiro atoms. The van der Waals surface area contributed by atoms with E-state index in [-0.39, 0.29) is 31.5 Å². The predicted octanol–water partition coefficient (Wildman–Crippen LogP) is 3.28. The Morgan fingerprint density at radius 2 is 1.94 bits per heavy atom. The minimum Gasteiger partial charge on any atom is -0.488 e. The third-order valence-corrected chi connectivity index (χ3v) is 5.04. The fraction of sp³-hybridized carbons (Fsp3) is 0.318. The van der Waals surface area contributed by atoms with Crippen molar-refractivity contribution >= 4 is 35.4 Å². The molecule has 6 amide bonds. The van der Waals surface area contributed by atoms with E-state index in [0.29, 0.717) is 10.7 Å². The Morgan fingerprint density at radius 3 is 2.56 bits per heavy atom. The maximum Gasteiger partial charge on any atom is 0.331 e. The fourth-order valence-corrected chi connectivity index (χ4v) is 3.40. The molecule has 12 heteroatoms. The topological polar surface area (TPSA) is 129 Å². The Labute approximate surface area is 201 Å². The number of nitrogens with one attached hydrogen (secondary N) is 3. The Kier molecular flexibility index (Phi) is 8.00. The fourth-order valence-electron chi connectivity index (χ4n) is 3.27. The minimum absolute atomic E-state index is 0.0100. The Balaban J connectivity index is 1.82. The van der Waals surface area contributed by atoms with Crippen molar-refractivity contribution in [3.8, 4) is 5.75 Å². The molecule has 1 unspecified atom stereocenters. The van der Waals surface area contributed by atoms with E-state index in [1.165, 1.54) is 17.0 Å². The first kappa shape index (κ1) is 24.9. The Hall–Kier alpha value is -3.73. The number of rotatable bonds is 9. The van der Waals surface area contributed by atoms with E-state index in [1.54, 1.807) is 44.2 Å². The van der Waals surface area contributed by atoms with E-state index < -0.39 is 30.2 Å². The van der Waals surface area contributed by atoms with Crippen LogP contribution >= 0.6 is 11.6 Å². The number of primary amides is 1. The molecule has 182 valence electrons. The van der Waals surface area contributed by atoms with Gasteiger partial charge in [0.15, 0.2) is 17.9 Å². The molecule has 1 heterocycles. The molecule has 0 aliphatic carbocycles. The van der Waals surface area contributed by atoms with Gasteiger partial charge < -0.3 is 21.1 Å². The molecule has 0 saturated carbocycles. The predicted molar refractivity (Wildman–Crippen MR) is 125 cm³/mol. The quantitative estimate of drug-likeness (QED) is 0.427. The number of urea groups is 3. The maximum atomic E-state index is 14.5. The van der Waals surface area contributed by atoms with Crippen molar-refractivity contribution in [2.24, 2.45) is 5.73 Å². The second kappa shape index (κ2) is 10.9. The number of imide groups is 1. The molecule has 0 radical (unpaired) electrons. The summed E-state index contributed by atoms with van der Waals surface area (Å²) < 4.78 is 19.9. The van der Waals surface area contributed by atoms with Crippen molar-refractivity contribution in [2.75, 3.05) is 18.4 Å². The van der Waals surface area contributed by atoms with Crippen LogP contribution in [0.5, 0.6) is 5.75 Å². The molecular formula is C22H26ClFN6O4. The van der Waals surface area contributed by atoms with Gasteiger partial charge in [0.2, 0.25) is 0 Å². The zero-order valence-corrected chi connectivity index (χ0v) is 19.4. The van der Waals surface area contributed by atoms with E-state index >= 15 is 0 Å². The molecule has 10 nitrogen and oxygen atoms in total. The molecule has 2 aromatic rings. The minimum atomic E-state index is -0.979. The van der Waals surface area contributed by atoms with Crippen molar-refractivity contribution in [1.82, 2.24) is 20.4 Å².